The van der Waals surface area contributed by atoms with Crippen LogP contribution in [0.2, 0.25) is 0 Å². The lowest BCUT2D eigenvalue weighted by molar-refractivity contribution is -0.118. The SMILES string of the molecule is Cc1cc(C)cc(OCC(=O)Nc2cccc(-c3nnc(-c4ccccc4)o3)c2)c1. The van der Waals surface area contributed by atoms with E-state index in [4.69, 9.17) is 9.15 Å². The molecule has 1 N–H and O–H groups in total. The van der Waals surface area contributed by atoms with E-state index in [0.717, 1.165) is 22.3 Å². The van der Waals surface area contributed by atoms with E-state index in [1.54, 1.807) is 12.1 Å². The molecule has 1 aromatic heterocycles. The van der Waals surface area contributed by atoms with E-state index in [1.807, 2.05) is 68.4 Å². The summed E-state index contributed by atoms with van der Waals surface area (Å²) in [5, 5.41) is 11.1. The zero-order valence-corrected chi connectivity index (χ0v) is 16.8. The molecule has 0 fully saturated rings. The van der Waals surface area contributed by atoms with Crippen molar-refractivity contribution in [3.63, 3.8) is 0 Å². The van der Waals surface area contributed by atoms with Gasteiger partial charge in [-0.05, 0) is 67.4 Å². The van der Waals surface area contributed by atoms with Crippen molar-refractivity contribution >= 4 is 11.6 Å². The van der Waals surface area contributed by atoms with Gasteiger partial charge < -0.3 is 14.5 Å². The van der Waals surface area contributed by atoms with E-state index in [0.29, 0.717) is 23.2 Å². The fraction of sp³-hybridized carbons (Fsp3) is 0.125. The average Bonchev–Trinajstić information content (AvgIpc) is 3.23. The molecule has 0 saturated heterocycles. The summed E-state index contributed by atoms with van der Waals surface area (Å²) in [6.45, 7) is 3.91. The van der Waals surface area contributed by atoms with E-state index in [1.165, 1.54) is 0 Å². The molecule has 0 aliphatic heterocycles. The molecule has 6 heteroatoms. The van der Waals surface area contributed by atoms with Gasteiger partial charge in [-0.25, -0.2) is 0 Å². The smallest absolute Gasteiger partial charge is 0.262 e. The van der Waals surface area contributed by atoms with Gasteiger partial charge in [0.25, 0.3) is 5.91 Å². The Balaban J connectivity index is 1.42. The molecule has 4 rings (SSSR count). The molecule has 0 aliphatic rings. The molecule has 3 aromatic carbocycles. The number of ether oxygens (including phenoxy) is 1. The molecular weight excluding hydrogens is 378 g/mol. The molecule has 1 amide bonds. The fourth-order valence-corrected chi connectivity index (χ4v) is 3.13. The Morgan fingerprint density at radius 1 is 0.867 bits per heavy atom. The molecule has 1 heterocycles. The summed E-state index contributed by atoms with van der Waals surface area (Å²) >= 11 is 0. The van der Waals surface area contributed by atoms with Gasteiger partial charge in [-0.1, -0.05) is 30.3 Å². The lowest BCUT2D eigenvalue weighted by atomic mass is 10.1. The second-order valence-corrected chi connectivity index (χ2v) is 7.02. The van der Waals surface area contributed by atoms with Crippen LogP contribution in [-0.2, 0) is 4.79 Å². The topological polar surface area (TPSA) is 77.2 Å². The molecule has 150 valence electrons. The van der Waals surface area contributed by atoms with Gasteiger partial charge in [-0.3, -0.25) is 4.79 Å². The van der Waals surface area contributed by atoms with Crippen molar-refractivity contribution in [3.8, 4) is 28.7 Å². The van der Waals surface area contributed by atoms with Gasteiger partial charge in [-0.15, -0.1) is 10.2 Å². The molecular formula is C24H21N3O3. The van der Waals surface area contributed by atoms with Crippen LogP contribution >= 0.6 is 0 Å². The third kappa shape index (κ3) is 4.72. The highest BCUT2D eigenvalue weighted by Gasteiger charge is 2.11. The highest BCUT2D eigenvalue weighted by Crippen LogP contribution is 2.25. The van der Waals surface area contributed by atoms with Gasteiger partial charge in [0.2, 0.25) is 11.8 Å². The highest BCUT2D eigenvalue weighted by molar-refractivity contribution is 5.92. The fourth-order valence-electron chi connectivity index (χ4n) is 3.13. The number of aromatic nitrogens is 2. The number of carbonyl (C=O) groups is 1. The van der Waals surface area contributed by atoms with Crippen molar-refractivity contribution in [1.82, 2.24) is 10.2 Å². The van der Waals surface area contributed by atoms with Gasteiger partial charge >= 0.3 is 0 Å². The molecule has 6 nitrogen and oxygen atoms in total. The first-order valence-corrected chi connectivity index (χ1v) is 9.57. The third-order valence-corrected chi connectivity index (χ3v) is 4.40. The predicted octanol–water partition coefficient (Wildman–Crippen LogP) is 5.04. The molecule has 0 spiro atoms. The maximum absolute atomic E-state index is 12.3. The average molecular weight is 399 g/mol. The van der Waals surface area contributed by atoms with Crippen LogP contribution in [0, 0.1) is 13.8 Å². The zero-order valence-electron chi connectivity index (χ0n) is 16.8. The number of aryl methyl sites for hydroxylation is 2. The van der Waals surface area contributed by atoms with E-state index >= 15 is 0 Å². The largest absolute Gasteiger partial charge is 0.484 e. The summed E-state index contributed by atoms with van der Waals surface area (Å²) in [7, 11) is 0. The van der Waals surface area contributed by atoms with E-state index in [2.05, 4.69) is 21.6 Å². The first kappa shape index (κ1) is 19.4. The monoisotopic (exact) mass is 399 g/mol. The summed E-state index contributed by atoms with van der Waals surface area (Å²) in [6.07, 6.45) is 0. The Morgan fingerprint density at radius 3 is 2.27 bits per heavy atom. The standard InChI is InChI=1S/C24H21N3O3/c1-16-11-17(2)13-21(12-16)29-15-22(28)25-20-10-6-9-19(14-20)24-27-26-23(30-24)18-7-4-3-5-8-18/h3-14H,15H2,1-2H3,(H,25,28). The van der Waals surface area contributed by atoms with Crippen molar-refractivity contribution in [3.05, 3.63) is 83.9 Å². The molecule has 0 aliphatic carbocycles. The summed E-state index contributed by atoms with van der Waals surface area (Å²) < 4.78 is 11.4. The van der Waals surface area contributed by atoms with Crippen molar-refractivity contribution in [2.75, 3.05) is 11.9 Å². The molecule has 0 atom stereocenters. The number of anilines is 1. The van der Waals surface area contributed by atoms with Crippen LogP contribution in [0.15, 0.2) is 77.2 Å². The molecule has 30 heavy (non-hydrogen) atoms. The normalized spacial score (nSPS) is 10.6. The number of rotatable bonds is 6. The highest BCUT2D eigenvalue weighted by atomic mass is 16.5. The summed E-state index contributed by atoms with van der Waals surface area (Å²) in [5.74, 6) is 1.26. The lowest BCUT2D eigenvalue weighted by Gasteiger charge is -2.09. The summed E-state index contributed by atoms with van der Waals surface area (Å²) in [4.78, 5) is 12.3. The molecule has 0 unspecified atom stereocenters. The van der Waals surface area contributed by atoms with E-state index in [9.17, 15) is 4.79 Å². The van der Waals surface area contributed by atoms with Gasteiger partial charge in [0, 0.05) is 16.8 Å². The number of carbonyl (C=O) groups excluding carboxylic acids is 1. The van der Waals surface area contributed by atoms with Gasteiger partial charge in [0.1, 0.15) is 5.75 Å². The number of hydrogen-bond donors (Lipinski definition) is 1. The Morgan fingerprint density at radius 2 is 1.53 bits per heavy atom. The third-order valence-electron chi connectivity index (χ3n) is 4.40. The Hall–Kier alpha value is -3.93. The van der Waals surface area contributed by atoms with E-state index in [-0.39, 0.29) is 12.5 Å². The Bertz CT molecular complexity index is 1150. The van der Waals surface area contributed by atoms with Crippen LogP contribution in [-0.4, -0.2) is 22.7 Å². The molecule has 0 saturated carbocycles. The molecule has 0 radical (unpaired) electrons. The van der Waals surface area contributed by atoms with Gasteiger partial charge in [0.15, 0.2) is 6.61 Å². The van der Waals surface area contributed by atoms with Crippen molar-refractivity contribution in [2.45, 2.75) is 13.8 Å². The quantitative estimate of drug-likeness (QED) is 0.492. The van der Waals surface area contributed by atoms with Crippen LogP contribution in [0.1, 0.15) is 11.1 Å². The van der Waals surface area contributed by atoms with Crippen LogP contribution in [0.3, 0.4) is 0 Å². The van der Waals surface area contributed by atoms with Crippen molar-refractivity contribution < 1.29 is 13.9 Å². The summed E-state index contributed by atoms with van der Waals surface area (Å²) in [5.41, 5.74) is 4.38. The number of nitrogens with zero attached hydrogens (tertiary/aromatic N) is 2. The second kappa shape index (κ2) is 8.61. The Labute approximate surface area is 174 Å². The summed E-state index contributed by atoms with van der Waals surface area (Å²) in [6, 6.07) is 22.7. The maximum atomic E-state index is 12.3. The van der Waals surface area contributed by atoms with Crippen molar-refractivity contribution in [2.24, 2.45) is 0 Å². The number of nitrogens with one attached hydrogen (secondary N) is 1. The van der Waals surface area contributed by atoms with Crippen LogP contribution in [0.25, 0.3) is 22.9 Å². The first-order valence-electron chi connectivity index (χ1n) is 9.57. The minimum Gasteiger partial charge on any atom is -0.484 e. The van der Waals surface area contributed by atoms with Gasteiger partial charge in [-0.2, -0.15) is 0 Å². The van der Waals surface area contributed by atoms with Crippen LogP contribution < -0.4 is 10.1 Å². The number of benzene rings is 3. The zero-order chi connectivity index (χ0) is 20.9. The lowest BCUT2D eigenvalue weighted by Crippen LogP contribution is -2.20. The van der Waals surface area contributed by atoms with Gasteiger partial charge in [0.05, 0.1) is 0 Å². The first-order chi connectivity index (χ1) is 14.6. The van der Waals surface area contributed by atoms with Crippen LogP contribution in [0.4, 0.5) is 5.69 Å². The molecule has 0 bridgehead atoms. The van der Waals surface area contributed by atoms with E-state index < -0.39 is 0 Å². The number of hydrogen-bond acceptors (Lipinski definition) is 5. The minimum absolute atomic E-state index is 0.0775. The van der Waals surface area contributed by atoms with Crippen LogP contribution in [0.5, 0.6) is 5.75 Å². The predicted molar refractivity (Wildman–Crippen MR) is 115 cm³/mol. The Kier molecular flexibility index (Phi) is 5.57. The minimum atomic E-state index is -0.248. The second-order valence-electron chi connectivity index (χ2n) is 7.02. The number of amides is 1. The maximum Gasteiger partial charge on any atom is 0.262 e. The molecule has 4 aromatic rings. The van der Waals surface area contributed by atoms with Crippen molar-refractivity contribution in [1.29, 1.82) is 0 Å².